The molecule has 0 bridgehead atoms. The molecule has 28 heavy (non-hydrogen) atoms. The van der Waals surface area contributed by atoms with E-state index >= 15 is 0 Å². The first-order valence-corrected chi connectivity index (χ1v) is 11.4. The van der Waals surface area contributed by atoms with Crippen LogP contribution in [0.1, 0.15) is 5.69 Å². The molecule has 4 rings (SSSR count). The zero-order valence-corrected chi connectivity index (χ0v) is 17.9. The van der Waals surface area contributed by atoms with E-state index in [1.165, 1.54) is 11.8 Å². The fourth-order valence-electron chi connectivity index (χ4n) is 2.86. The molecule has 0 fully saturated rings. The van der Waals surface area contributed by atoms with E-state index in [1.807, 2.05) is 54.6 Å². The average molecular weight is 474 g/mol. The lowest BCUT2D eigenvalue weighted by Gasteiger charge is -2.14. The van der Waals surface area contributed by atoms with Crippen molar-refractivity contribution in [2.75, 3.05) is 16.8 Å². The lowest BCUT2D eigenvalue weighted by Crippen LogP contribution is -2.24. The molecule has 3 aromatic rings. The summed E-state index contributed by atoms with van der Waals surface area (Å²) in [5, 5.41) is 3.40. The number of rotatable bonds is 5. The van der Waals surface area contributed by atoms with Crippen molar-refractivity contribution >= 4 is 51.0 Å². The largest absolute Gasteiger partial charge is 0.325 e. The van der Waals surface area contributed by atoms with E-state index in [1.54, 1.807) is 16.3 Å². The van der Waals surface area contributed by atoms with E-state index in [0.717, 1.165) is 33.7 Å². The van der Waals surface area contributed by atoms with Gasteiger partial charge in [-0.15, -0.1) is 11.8 Å². The minimum Gasteiger partial charge on any atom is -0.325 e. The molecule has 0 unspecified atom stereocenters. The minimum absolute atomic E-state index is 0.0687. The summed E-state index contributed by atoms with van der Waals surface area (Å²) in [6, 6.07) is 16.8. The maximum Gasteiger partial charge on any atom is 0.272 e. The second-order valence-electron chi connectivity index (χ2n) is 6.09. The van der Waals surface area contributed by atoms with Gasteiger partial charge in [0.15, 0.2) is 5.16 Å². The van der Waals surface area contributed by atoms with Gasteiger partial charge >= 0.3 is 0 Å². The highest BCUT2D eigenvalue weighted by Gasteiger charge is 2.23. The van der Waals surface area contributed by atoms with E-state index in [9.17, 15) is 9.59 Å². The number of carbonyl (C=O) groups excluding carboxylic acids is 1. The Kier molecular flexibility index (Phi) is 5.89. The molecular weight excluding hydrogens is 458 g/mol. The third kappa shape index (κ3) is 4.19. The van der Waals surface area contributed by atoms with Crippen molar-refractivity contribution in [3.8, 4) is 5.69 Å². The first-order valence-electron chi connectivity index (χ1n) is 8.64. The van der Waals surface area contributed by atoms with Gasteiger partial charge in [-0.25, -0.2) is 4.98 Å². The normalized spacial score (nSPS) is 12.6. The molecule has 2 heterocycles. The van der Waals surface area contributed by atoms with Gasteiger partial charge in [-0.2, -0.15) is 0 Å². The maximum atomic E-state index is 13.1. The predicted molar refractivity (Wildman–Crippen MR) is 118 cm³/mol. The number of halogens is 1. The molecule has 0 atom stereocenters. The van der Waals surface area contributed by atoms with Crippen LogP contribution in [0.2, 0.25) is 0 Å². The lowest BCUT2D eigenvalue weighted by molar-refractivity contribution is -0.113. The number of carbonyl (C=O) groups is 1. The van der Waals surface area contributed by atoms with Crippen LogP contribution < -0.4 is 10.9 Å². The van der Waals surface area contributed by atoms with Gasteiger partial charge < -0.3 is 5.32 Å². The van der Waals surface area contributed by atoms with Crippen molar-refractivity contribution in [1.82, 2.24) is 9.55 Å². The predicted octanol–water partition coefficient (Wildman–Crippen LogP) is 4.37. The second-order valence-corrected chi connectivity index (χ2v) is 9.05. The summed E-state index contributed by atoms with van der Waals surface area (Å²) in [5.41, 5.74) is 2.24. The van der Waals surface area contributed by atoms with E-state index < -0.39 is 0 Å². The van der Waals surface area contributed by atoms with Gasteiger partial charge in [0, 0.05) is 22.3 Å². The van der Waals surface area contributed by atoms with Crippen LogP contribution in [0.4, 0.5) is 5.69 Å². The van der Waals surface area contributed by atoms with Crippen LogP contribution in [0.25, 0.3) is 5.69 Å². The summed E-state index contributed by atoms with van der Waals surface area (Å²) >= 11 is 6.24. The lowest BCUT2D eigenvalue weighted by atomic mass is 10.3. The van der Waals surface area contributed by atoms with E-state index in [-0.39, 0.29) is 17.2 Å². The molecule has 0 saturated heterocycles. The average Bonchev–Trinajstić information content (AvgIpc) is 3.17. The molecule has 1 N–H and O–H groups in total. The number of thioether (sulfide) groups is 2. The van der Waals surface area contributed by atoms with Gasteiger partial charge in [0.1, 0.15) is 0 Å². The number of hydrogen-bond acceptors (Lipinski definition) is 5. The van der Waals surface area contributed by atoms with Crippen LogP contribution in [0.3, 0.4) is 0 Å². The third-order valence-corrected chi connectivity index (χ3v) is 6.72. The minimum atomic E-state index is -0.136. The van der Waals surface area contributed by atoms with Crippen LogP contribution in [-0.2, 0) is 11.2 Å². The molecule has 0 radical (unpaired) electrons. The van der Waals surface area contributed by atoms with Crippen LogP contribution in [0.15, 0.2) is 73.9 Å². The van der Waals surface area contributed by atoms with E-state index in [2.05, 4.69) is 21.2 Å². The van der Waals surface area contributed by atoms with Crippen molar-refractivity contribution in [3.05, 3.63) is 75.1 Å². The molecule has 0 spiro atoms. The molecule has 5 nitrogen and oxygen atoms in total. The van der Waals surface area contributed by atoms with Gasteiger partial charge in [0.05, 0.1) is 22.0 Å². The molecule has 142 valence electrons. The molecule has 1 amide bonds. The molecule has 8 heteroatoms. The van der Waals surface area contributed by atoms with Crippen molar-refractivity contribution in [2.24, 2.45) is 0 Å². The Labute approximate surface area is 179 Å². The molecule has 0 saturated carbocycles. The van der Waals surface area contributed by atoms with Crippen molar-refractivity contribution in [3.63, 3.8) is 0 Å². The summed E-state index contributed by atoms with van der Waals surface area (Å²) in [6.45, 7) is 0. The molecular formula is C20H16BrN3O2S2. The smallest absolute Gasteiger partial charge is 0.272 e. The highest BCUT2D eigenvalue weighted by Crippen LogP contribution is 2.30. The Morgan fingerprint density at radius 3 is 2.68 bits per heavy atom. The molecule has 0 aliphatic carbocycles. The van der Waals surface area contributed by atoms with Gasteiger partial charge in [0.25, 0.3) is 5.56 Å². The summed E-state index contributed by atoms with van der Waals surface area (Å²) in [6.07, 6.45) is 0.778. The Morgan fingerprint density at radius 1 is 1.18 bits per heavy atom. The number of nitrogens with zero attached hydrogens (tertiary/aromatic N) is 2. The fraction of sp³-hybridized carbons (Fsp3) is 0.150. The second kappa shape index (κ2) is 8.55. The van der Waals surface area contributed by atoms with Crippen molar-refractivity contribution < 1.29 is 4.79 Å². The number of para-hydroxylation sites is 1. The van der Waals surface area contributed by atoms with E-state index in [0.29, 0.717) is 10.1 Å². The van der Waals surface area contributed by atoms with Crippen LogP contribution in [0, 0.1) is 0 Å². The van der Waals surface area contributed by atoms with Gasteiger partial charge in [0.2, 0.25) is 5.91 Å². The summed E-state index contributed by atoms with van der Waals surface area (Å²) < 4.78 is 2.54. The number of amides is 1. The zero-order chi connectivity index (χ0) is 19.5. The molecule has 2 aromatic carbocycles. The van der Waals surface area contributed by atoms with E-state index in [4.69, 9.17) is 4.98 Å². The first kappa shape index (κ1) is 19.3. The van der Waals surface area contributed by atoms with Gasteiger partial charge in [-0.1, -0.05) is 45.9 Å². The quantitative estimate of drug-likeness (QED) is 0.440. The number of hydrogen-bond donors (Lipinski definition) is 1. The van der Waals surface area contributed by atoms with Crippen LogP contribution >= 0.6 is 39.5 Å². The number of nitrogens with one attached hydrogen (secondary N) is 1. The zero-order valence-electron chi connectivity index (χ0n) is 14.7. The van der Waals surface area contributed by atoms with Gasteiger partial charge in [-0.3, -0.25) is 14.2 Å². The number of fused-ring (bicyclic) bond motifs is 1. The number of anilines is 1. The fourth-order valence-corrected chi connectivity index (χ4v) is 4.97. The Hall–Kier alpha value is -2.03. The summed E-state index contributed by atoms with van der Waals surface area (Å²) in [5.74, 6) is 0.896. The topological polar surface area (TPSA) is 64.0 Å². The Balaban J connectivity index is 1.62. The van der Waals surface area contributed by atoms with Crippen LogP contribution in [0.5, 0.6) is 0 Å². The van der Waals surface area contributed by atoms with Gasteiger partial charge in [-0.05, 0) is 36.4 Å². The Bertz CT molecular complexity index is 1070. The number of aryl methyl sites for hydroxylation is 1. The molecule has 1 aliphatic heterocycles. The van der Waals surface area contributed by atoms with Crippen molar-refractivity contribution in [2.45, 2.75) is 16.5 Å². The SMILES string of the molecule is O=C(CSc1nc2c(c(=O)n1-c1ccc(Br)cc1)SCC2)Nc1ccccc1. The number of aromatic nitrogens is 2. The summed E-state index contributed by atoms with van der Waals surface area (Å²) in [4.78, 5) is 30.8. The maximum absolute atomic E-state index is 13.1. The van der Waals surface area contributed by atoms with Crippen molar-refractivity contribution in [1.29, 1.82) is 0 Å². The highest BCUT2D eigenvalue weighted by atomic mass is 79.9. The number of benzene rings is 2. The molecule has 1 aliphatic rings. The first-order chi connectivity index (χ1) is 13.6. The van der Waals surface area contributed by atoms with Crippen LogP contribution in [-0.4, -0.2) is 27.0 Å². The Morgan fingerprint density at radius 2 is 1.93 bits per heavy atom. The molecule has 1 aromatic heterocycles. The summed E-state index contributed by atoms with van der Waals surface area (Å²) in [7, 11) is 0. The standard InChI is InChI=1S/C20H16BrN3O2S2/c21-13-6-8-15(9-7-13)24-19(26)18-16(10-11-27-18)23-20(24)28-12-17(25)22-14-4-2-1-3-5-14/h1-9H,10-12H2,(H,22,25). The monoisotopic (exact) mass is 473 g/mol. The third-order valence-electron chi connectivity index (χ3n) is 4.14. The highest BCUT2D eigenvalue weighted by molar-refractivity contribution is 9.10.